The zero-order chi connectivity index (χ0) is 19.6. The van der Waals surface area contributed by atoms with E-state index in [0.717, 1.165) is 37.4 Å². The summed E-state index contributed by atoms with van der Waals surface area (Å²) in [5.41, 5.74) is 0.749. The summed E-state index contributed by atoms with van der Waals surface area (Å²) in [5.74, 6) is 1.91. The van der Waals surface area contributed by atoms with Gasteiger partial charge >= 0.3 is 0 Å². The van der Waals surface area contributed by atoms with Crippen molar-refractivity contribution in [3.05, 3.63) is 52.1 Å². The maximum Gasteiger partial charge on any atom is 0.253 e. The molecular formula is C21H31N3O3. The molecule has 0 aliphatic carbocycles. The van der Waals surface area contributed by atoms with Gasteiger partial charge in [-0.15, -0.1) is 0 Å². The first kappa shape index (κ1) is 19.8. The molecule has 1 unspecified atom stereocenters. The van der Waals surface area contributed by atoms with Crippen molar-refractivity contribution in [2.24, 2.45) is 5.92 Å². The fourth-order valence-corrected chi connectivity index (χ4v) is 3.57. The van der Waals surface area contributed by atoms with Crippen LogP contribution in [0.4, 0.5) is 0 Å². The SMILES string of the molecule is Cc1ccc(C(O)CN2CCC(Cn3cnc(C(C)(C)C)cc3=O)CC2)o1. The average Bonchev–Trinajstić information content (AvgIpc) is 3.04. The van der Waals surface area contributed by atoms with Crippen molar-refractivity contribution in [3.8, 4) is 0 Å². The van der Waals surface area contributed by atoms with Gasteiger partial charge in [0.25, 0.3) is 5.56 Å². The van der Waals surface area contributed by atoms with Gasteiger partial charge in [-0.2, -0.15) is 0 Å². The Morgan fingerprint density at radius 1 is 1.30 bits per heavy atom. The molecule has 0 spiro atoms. The van der Waals surface area contributed by atoms with E-state index in [1.165, 1.54) is 0 Å². The Morgan fingerprint density at radius 3 is 2.56 bits per heavy atom. The normalized spacial score (nSPS) is 18.0. The van der Waals surface area contributed by atoms with Crippen molar-refractivity contribution >= 4 is 0 Å². The Balaban J connectivity index is 1.52. The van der Waals surface area contributed by atoms with Crippen LogP contribution in [-0.2, 0) is 12.0 Å². The molecule has 1 atom stereocenters. The smallest absolute Gasteiger partial charge is 0.253 e. The van der Waals surface area contributed by atoms with E-state index in [2.05, 4.69) is 30.7 Å². The van der Waals surface area contributed by atoms with Gasteiger partial charge in [-0.25, -0.2) is 4.98 Å². The maximum absolute atomic E-state index is 12.4. The molecule has 0 bridgehead atoms. The third-order valence-electron chi connectivity index (χ3n) is 5.33. The van der Waals surface area contributed by atoms with Crippen molar-refractivity contribution in [3.63, 3.8) is 0 Å². The standard InChI is InChI=1S/C21H31N3O3/c1-15-5-6-18(27-15)17(25)13-23-9-7-16(8-10-23)12-24-14-22-19(11-20(24)26)21(2,3)4/h5-6,11,14,16-17,25H,7-10,12-13H2,1-4H3. The topological polar surface area (TPSA) is 71.5 Å². The number of aromatic nitrogens is 2. The van der Waals surface area contributed by atoms with Crippen LogP contribution in [-0.4, -0.2) is 39.2 Å². The van der Waals surface area contributed by atoms with E-state index in [9.17, 15) is 9.90 Å². The number of piperidine rings is 1. The van der Waals surface area contributed by atoms with E-state index in [-0.39, 0.29) is 11.0 Å². The minimum Gasteiger partial charge on any atom is -0.464 e. The molecule has 2 aromatic heterocycles. The fourth-order valence-electron chi connectivity index (χ4n) is 3.57. The van der Waals surface area contributed by atoms with Crippen LogP contribution in [0.15, 0.2) is 33.7 Å². The molecule has 1 fully saturated rings. The van der Waals surface area contributed by atoms with Crippen LogP contribution in [0.1, 0.15) is 56.9 Å². The van der Waals surface area contributed by atoms with E-state index < -0.39 is 6.10 Å². The van der Waals surface area contributed by atoms with Crippen LogP contribution < -0.4 is 5.56 Å². The van der Waals surface area contributed by atoms with E-state index in [4.69, 9.17) is 4.42 Å². The highest BCUT2D eigenvalue weighted by Gasteiger charge is 2.24. The molecule has 27 heavy (non-hydrogen) atoms. The van der Waals surface area contributed by atoms with E-state index in [1.54, 1.807) is 17.0 Å². The first-order valence-corrected chi connectivity index (χ1v) is 9.76. The van der Waals surface area contributed by atoms with Gasteiger partial charge in [-0.1, -0.05) is 20.8 Å². The zero-order valence-corrected chi connectivity index (χ0v) is 16.8. The number of hydrogen-bond donors (Lipinski definition) is 1. The van der Waals surface area contributed by atoms with Gasteiger partial charge in [0.15, 0.2) is 0 Å². The quantitative estimate of drug-likeness (QED) is 0.873. The van der Waals surface area contributed by atoms with Crippen LogP contribution in [0.2, 0.25) is 0 Å². The minimum absolute atomic E-state index is 0.0287. The molecular weight excluding hydrogens is 342 g/mol. The van der Waals surface area contributed by atoms with Crippen LogP contribution in [0.25, 0.3) is 0 Å². The summed E-state index contributed by atoms with van der Waals surface area (Å²) in [4.78, 5) is 19.1. The number of aliphatic hydroxyl groups excluding tert-OH is 1. The molecule has 0 radical (unpaired) electrons. The van der Waals surface area contributed by atoms with Gasteiger partial charge in [0.2, 0.25) is 0 Å². The molecule has 0 saturated carbocycles. The third kappa shape index (κ3) is 5.08. The highest BCUT2D eigenvalue weighted by atomic mass is 16.4. The highest BCUT2D eigenvalue weighted by molar-refractivity contribution is 5.10. The number of furan rings is 1. The third-order valence-corrected chi connectivity index (χ3v) is 5.33. The first-order chi connectivity index (χ1) is 12.7. The van der Waals surface area contributed by atoms with Gasteiger partial charge in [0, 0.05) is 24.6 Å². The molecule has 3 heterocycles. The lowest BCUT2D eigenvalue weighted by Crippen LogP contribution is -2.38. The number of aryl methyl sites for hydroxylation is 1. The number of aliphatic hydroxyl groups is 1. The molecule has 1 aliphatic rings. The van der Waals surface area contributed by atoms with Crippen molar-refractivity contribution in [1.82, 2.24) is 14.5 Å². The summed E-state index contributed by atoms with van der Waals surface area (Å²) in [6, 6.07) is 5.38. The Kier molecular flexibility index (Phi) is 5.86. The molecule has 6 heteroatoms. The summed E-state index contributed by atoms with van der Waals surface area (Å²) in [5, 5.41) is 10.3. The van der Waals surface area contributed by atoms with Crippen molar-refractivity contribution < 1.29 is 9.52 Å². The molecule has 1 N–H and O–H groups in total. The first-order valence-electron chi connectivity index (χ1n) is 9.76. The molecule has 148 valence electrons. The largest absolute Gasteiger partial charge is 0.464 e. The van der Waals surface area contributed by atoms with Crippen molar-refractivity contribution in [2.75, 3.05) is 19.6 Å². The second-order valence-corrected chi connectivity index (χ2v) is 8.72. The number of likely N-dealkylation sites (tertiary alicyclic amines) is 1. The number of rotatable bonds is 5. The summed E-state index contributed by atoms with van der Waals surface area (Å²) >= 11 is 0. The van der Waals surface area contributed by atoms with Crippen molar-refractivity contribution in [1.29, 1.82) is 0 Å². The molecule has 2 aromatic rings. The summed E-state index contributed by atoms with van der Waals surface area (Å²) in [6.45, 7) is 11.2. The molecule has 0 aromatic carbocycles. The van der Waals surface area contributed by atoms with Crippen LogP contribution in [0, 0.1) is 12.8 Å². The van der Waals surface area contributed by atoms with E-state index >= 15 is 0 Å². The lowest BCUT2D eigenvalue weighted by atomic mass is 9.92. The van der Waals surface area contributed by atoms with E-state index in [1.807, 2.05) is 19.1 Å². The van der Waals surface area contributed by atoms with Gasteiger partial charge < -0.3 is 14.4 Å². The fraction of sp³-hybridized carbons (Fsp3) is 0.619. The highest BCUT2D eigenvalue weighted by Crippen LogP contribution is 2.23. The molecule has 1 aliphatic heterocycles. The molecule has 3 rings (SSSR count). The van der Waals surface area contributed by atoms with Gasteiger partial charge in [0.1, 0.15) is 17.6 Å². The lowest BCUT2D eigenvalue weighted by Gasteiger charge is -2.33. The maximum atomic E-state index is 12.4. The predicted molar refractivity (Wildman–Crippen MR) is 105 cm³/mol. The number of nitrogens with zero attached hydrogens (tertiary/aromatic N) is 3. The number of β-amino-alcohol motifs (C(OH)–C–C–N with tert-alkyl or cyclic N) is 1. The second-order valence-electron chi connectivity index (χ2n) is 8.72. The number of hydrogen-bond acceptors (Lipinski definition) is 5. The summed E-state index contributed by atoms with van der Waals surface area (Å²) < 4.78 is 7.24. The van der Waals surface area contributed by atoms with Crippen LogP contribution >= 0.6 is 0 Å². The Labute approximate surface area is 160 Å². The summed E-state index contributed by atoms with van der Waals surface area (Å²) in [6.07, 6.45) is 3.12. The van der Waals surface area contributed by atoms with E-state index in [0.29, 0.717) is 24.8 Å². The predicted octanol–water partition coefficient (Wildman–Crippen LogP) is 2.89. The Hall–Kier alpha value is -1.92. The Morgan fingerprint density at radius 2 is 2.00 bits per heavy atom. The molecule has 6 nitrogen and oxygen atoms in total. The summed E-state index contributed by atoms with van der Waals surface area (Å²) in [7, 11) is 0. The zero-order valence-electron chi connectivity index (χ0n) is 16.8. The lowest BCUT2D eigenvalue weighted by molar-refractivity contribution is 0.0724. The van der Waals surface area contributed by atoms with Gasteiger partial charge in [0.05, 0.1) is 12.0 Å². The minimum atomic E-state index is -0.591. The monoisotopic (exact) mass is 373 g/mol. The Bertz CT molecular complexity index is 811. The second kappa shape index (κ2) is 7.98. The van der Waals surface area contributed by atoms with Crippen LogP contribution in [0.5, 0.6) is 0 Å². The average molecular weight is 373 g/mol. The molecule has 1 saturated heterocycles. The van der Waals surface area contributed by atoms with Gasteiger partial charge in [-0.3, -0.25) is 9.36 Å². The van der Waals surface area contributed by atoms with Crippen LogP contribution in [0.3, 0.4) is 0 Å². The van der Waals surface area contributed by atoms with Crippen molar-refractivity contribution in [2.45, 2.75) is 58.6 Å². The van der Waals surface area contributed by atoms with Gasteiger partial charge in [-0.05, 0) is 50.9 Å². The molecule has 0 amide bonds.